The topological polar surface area (TPSA) is 513 Å². The van der Waals surface area contributed by atoms with Crippen molar-refractivity contribution >= 4 is 198 Å². The number of nitrogens with zero attached hydrogens (tertiary/aromatic N) is 18. The molecule has 0 unspecified atom stereocenters. The fraction of sp³-hybridized carbons (Fsp3) is 0.455. The monoisotopic (exact) mass is 1940 g/mol. The van der Waals surface area contributed by atoms with E-state index in [9.17, 15) is 13.2 Å². The summed E-state index contributed by atoms with van der Waals surface area (Å²) in [7, 11) is -0.396. The molecule has 42 heteroatoms. The zero-order valence-electron chi connectivity index (χ0n) is 66.9. The third-order valence-corrected chi connectivity index (χ3v) is 24.1. The first-order valence-electron chi connectivity index (χ1n) is 38.7. The molecule has 628 valence electrons. The number of nitrogen functional groups attached to an aromatic ring is 7. The molecule has 0 bridgehead atoms. The molecule has 0 amide bonds. The number of alkyl halides is 4. The number of H-pyrrole nitrogens is 1. The summed E-state index contributed by atoms with van der Waals surface area (Å²) in [6.45, 7) is 12.8. The summed E-state index contributed by atoms with van der Waals surface area (Å²) in [6.07, 6.45) is 23.5. The summed E-state index contributed by atoms with van der Waals surface area (Å²) in [5.41, 5.74) is 51.3. The second kappa shape index (κ2) is 40.1. The van der Waals surface area contributed by atoms with Gasteiger partial charge in [-0.1, -0.05) is 87.2 Å². The van der Waals surface area contributed by atoms with Gasteiger partial charge in [-0.25, -0.2) is 58.7 Å². The molecular formula is C77H97BBrF3I2N27NaO7. The number of carbonyl (C=O) groups is 1. The van der Waals surface area contributed by atoms with Gasteiger partial charge in [0, 0.05) is 36.1 Å². The van der Waals surface area contributed by atoms with Crippen LogP contribution in [0.25, 0.3) is 99.9 Å². The maximum Gasteiger partial charge on any atom is 1.00 e. The summed E-state index contributed by atoms with van der Waals surface area (Å²) < 4.78 is 67.4. The average Bonchev–Trinajstić information content (AvgIpc) is 1.63. The summed E-state index contributed by atoms with van der Waals surface area (Å²) >= 11 is 7.82. The van der Waals surface area contributed by atoms with Crippen LogP contribution >= 0.6 is 61.1 Å². The number of aliphatic carboxylic acids is 1. The predicted molar refractivity (Wildman–Crippen MR) is 470 cm³/mol. The number of nitrogens with two attached hydrogens (primary N) is 7. The molecule has 17 N–H and O–H groups in total. The van der Waals surface area contributed by atoms with Crippen molar-refractivity contribution in [3.63, 3.8) is 0 Å². The molecule has 0 atom stereocenters. The number of piperidine rings is 1. The summed E-state index contributed by atoms with van der Waals surface area (Å²) in [5.74, 6) is 2.02. The molecule has 5 fully saturated rings. The van der Waals surface area contributed by atoms with Crippen LogP contribution in [-0.2, 0) is 33.7 Å². The minimum absolute atomic E-state index is 0. The Morgan fingerprint density at radius 3 is 1.32 bits per heavy atom. The molecule has 5 aliphatic rings. The first kappa shape index (κ1) is 90.8. The fourth-order valence-corrected chi connectivity index (χ4v) is 16.9. The van der Waals surface area contributed by atoms with Gasteiger partial charge in [0.05, 0.1) is 32.7 Å². The predicted octanol–water partition coefficient (Wildman–Crippen LogP) is 11.4. The van der Waals surface area contributed by atoms with Crippen molar-refractivity contribution in [1.29, 1.82) is 0 Å². The Morgan fingerprint density at radius 2 is 0.908 bits per heavy atom. The van der Waals surface area contributed by atoms with E-state index in [1.165, 1.54) is 127 Å². The average molecular weight is 1940 g/mol. The number of hydrogen-bond donors (Lipinski definition) is 10. The Bertz CT molecular complexity index is 5570. The molecule has 3 aliphatic carbocycles. The first-order valence-corrected chi connectivity index (χ1v) is 41.9. The Morgan fingerprint density at radius 1 is 0.538 bits per heavy atom. The molecule has 2 saturated heterocycles. The van der Waals surface area contributed by atoms with E-state index in [1.807, 2.05) is 96.3 Å². The number of hydrogen-bond acceptors (Lipinski definition) is 29. The number of benzene rings is 3. The van der Waals surface area contributed by atoms with Gasteiger partial charge in [-0.3, -0.25) is 5.10 Å². The standard InChI is InChI=1S/C19H21N7O.C18H20N8O.C13H17BN2O3.C12H16IN5.C7H13Br.C5H4IN5.C2HF3O2.CH4.Na.H/c20-17-15-16(12-6-7-14-13(8-12)24-19(21)27-14)25-26(18(15)23-10-22-17)9-11-4-2-1-3-5-11;19-16-14-15(11-1-2-13-12(7-11)24-18(20)27-13)25-26(17(14)23-9-22-16)8-10-3-5-21-6-4-10;1-12(2)13(3,4)19-14(18-12)8-5-6-10-9(7-8)16-11(15)17-10;13-10-9-11(14)15-7-16-12(9)18(17-10)6-8-4-2-1-3-5-8;8-6-7-4-2-1-3-5-7;6-3-2-4(7)8-1-9-5(2)11-10-3;3-2(4,5)1(6)7;;;/h6-8,10-11H,1-5,9H2,(H2,21,24)(H2,20,22,23);1-2,7,9-10,21H,3-6,8H2,(H2,20,24)(H2,19,22,23);5-7H,1-4H3,(H2,15,16);7-8H,1-6H2,(H2,14,15,16);7H,1-6H2;1H,(H3,7,8,9,10,11);(H,6,7);1H4;;/q;;;;;;;;+1;-1. The van der Waals surface area contributed by atoms with Crippen LogP contribution < -0.4 is 80.5 Å². The largest absolute Gasteiger partial charge is 1.00 e. The smallest absolute Gasteiger partial charge is 1.00 e. The van der Waals surface area contributed by atoms with Crippen LogP contribution in [0.2, 0.25) is 0 Å². The molecule has 3 saturated carbocycles. The molecule has 3 aromatic carbocycles. The van der Waals surface area contributed by atoms with Crippen LogP contribution in [0.15, 0.2) is 93.2 Å². The number of carboxylic acid groups (broad SMARTS) is 1. The van der Waals surface area contributed by atoms with Gasteiger partial charge in [0.25, 0.3) is 18.0 Å². The van der Waals surface area contributed by atoms with Crippen molar-refractivity contribution < 1.29 is 76.6 Å². The Labute approximate surface area is 742 Å². The third kappa shape index (κ3) is 22.0. The van der Waals surface area contributed by atoms with Gasteiger partial charge in [0.1, 0.15) is 83.9 Å². The second-order valence-electron chi connectivity index (χ2n) is 30.4. The van der Waals surface area contributed by atoms with Gasteiger partial charge in [-0.05, 0) is 215 Å². The van der Waals surface area contributed by atoms with E-state index < -0.39 is 19.3 Å². The van der Waals surface area contributed by atoms with E-state index in [4.69, 9.17) is 82.8 Å². The van der Waals surface area contributed by atoms with E-state index in [0.29, 0.717) is 74.1 Å². The van der Waals surface area contributed by atoms with E-state index in [1.54, 1.807) is 0 Å². The number of aromatic amines is 1. The van der Waals surface area contributed by atoms with E-state index in [0.717, 1.165) is 131 Å². The van der Waals surface area contributed by atoms with Gasteiger partial charge in [-0.15, -0.1) is 0 Å². The number of halogens is 6. The van der Waals surface area contributed by atoms with Crippen molar-refractivity contribution in [2.24, 2.45) is 23.7 Å². The molecule has 11 aromatic heterocycles. The summed E-state index contributed by atoms with van der Waals surface area (Å²) in [4.78, 5) is 54.9. The van der Waals surface area contributed by atoms with E-state index >= 15 is 0 Å². The Kier molecular flexibility index (Phi) is 30.6. The van der Waals surface area contributed by atoms with Crippen molar-refractivity contribution in [2.45, 2.75) is 181 Å². The summed E-state index contributed by atoms with van der Waals surface area (Å²) in [6, 6.07) is 17.5. The maximum atomic E-state index is 10.6. The molecule has 119 heavy (non-hydrogen) atoms. The van der Waals surface area contributed by atoms with Gasteiger partial charge < -0.3 is 74.5 Å². The molecule has 19 rings (SSSR count). The molecule has 0 spiro atoms. The maximum absolute atomic E-state index is 10.6. The number of carboxylic acids is 1. The van der Waals surface area contributed by atoms with Crippen LogP contribution in [-0.4, -0.2) is 148 Å². The van der Waals surface area contributed by atoms with Crippen LogP contribution in [0.3, 0.4) is 0 Å². The fourth-order valence-electron chi connectivity index (χ4n) is 14.8. The van der Waals surface area contributed by atoms with Gasteiger partial charge >= 0.3 is 48.8 Å². The van der Waals surface area contributed by atoms with E-state index in [-0.39, 0.29) is 67.7 Å². The molecule has 0 radical (unpaired) electrons. The number of nitrogens with one attached hydrogen (secondary N) is 2. The van der Waals surface area contributed by atoms with Gasteiger partial charge in [0.2, 0.25) is 0 Å². The van der Waals surface area contributed by atoms with Crippen LogP contribution in [0.4, 0.5) is 54.5 Å². The van der Waals surface area contributed by atoms with Crippen molar-refractivity contribution in [3.05, 3.63) is 87.3 Å². The third-order valence-electron chi connectivity index (χ3n) is 21.7. The van der Waals surface area contributed by atoms with Crippen molar-refractivity contribution in [3.8, 4) is 22.5 Å². The number of oxazole rings is 3. The number of fused-ring (bicyclic) bond motifs is 7. The molecule has 14 aromatic rings. The van der Waals surface area contributed by atoms with Crippen LogP contribution in [0.1, 0.15) is 146 Å². The zero-order chi connectivity index (χ0) is 82.9. The second-order valence-corrected chi connectivity index (χ2v) is 33.1. The normalized spacial score (nSPS) is 16.4. The molecule has 2 aliphatic heterocycles. The van der Waals surface area contributed by atoms with Crippen LogP contribution in [0.5, 0.6) is 0 Å². The summed E-state index contributed by atoms with van der Waals surface area (Å²) in [5, 5.41) is 36.0. The number of rotatable bonds is 10. The molecule has 34 nitrogen and oxygen atoms in total. The van der Waals surface area contributed by atoms with Gasteiger partial charge in [0.15, 0.2) is 39.3 Å². The zero-order valence-corrected chi connectivity index (χ0v) is 73.8. The van der Waals surface area contributed by atoms with Crippen LogP contribution in [0, 0.1) is 31.1 Å². The van der Waals surface area contributed by atoms with E-state index in [2.05, 4.69) is 137 Å². The minimum Gasteiger partial charge on any atom is -1.00 e. The number of anilines is 7. The van der Waals surface area contributed by atoms with Gasteiger partial charge in [-0.2, -0.15) is 48.5 Å². The number of aromatic nitrogens is 19. The Balaban J connectivity index is 0.000000153. The SMILES string of the molecule is BrCC1CCCCC1.C.CC1(C)OB(c2ccc3oc(N)nc3c2)OC1(C)C.Nc1nc2cc(-c3nn(CC4CCCCC4)c4ncnc(N)c34)ccc2o1.Nc1nc2cc(-c3nn(CC4CCNCC4)c4ncnc(N)c34)ccc2o1.Nc1ncnc2c1c(I)nn2CC1CCCCC1.Nc1ncnc2n[nH]c(I)c12.O=C(O)C(F)(F)F.[H-].[Na+]. The van der Waals surface area contributed by atoms with Crippen molar-refractivity contribution in [1.82, 2.24) is 99.7 Å². The van der Waals surface area contributed by atoms with Crippen molar-refractivity contribution in [2.75, 3.05) is 58.6 Å². The molecular weight excluding hydrogens is 1840 g/mol. The first-order chi connectivity index (χ1) is 56.1. The quantitative estimate of drug-likeness (QED) is 0.0345. The Hall–Kier alpha value is -8.99. The minimum atomic E-state index is -5.08. The molecule has 13 heterocycles.